The predicted molar refractivity (Wildman–Crippen MR) is 61.9 cm³/mol. The summed E-state index contributed by atoms with van der Waals surface area (Å²) in [5.74, 6) is -0.945. The third-order valence-corrected chi connectivity index (χ3v) is 3.06. The molecular weight excluding hydrogens is 224 g/mol. The number of rotatable bonds is 5. The number of carbonyl (C=O) groups is 2. The summed E-state index contributed by atoms with van der Waals surface area (Å²) in [5.41, 5.74) is -1.09. The van der Waals surface area contributed by atoms with Gasteiger partial charge < -0.3 is 20.5 Å². The van der Waals surface area contributed by atoms with Gasteiger partial charge in [-0.05, 0) is 12.8 Å². The van der Waals surface area contributed by atoms with E-state index < -0.39 is 17.5 Å². The average molecular weight is 244 g/mol. The molecule has 0 saturated heterocycles. The molecule has 1 rings (SSSR count). The first kappa shape index (κ1) is 13.8. The summed E-state index contributed by atoms with van der Waals surface area (Å²) in [6.07, 6.45) is 3.71. The van der Waals surface area contributed by atoms with Gasteiger partial charge in [-0.15, -0.1) is 0 Å². The van der Waals surface area contributed by atoms with Crippen LogP contribution in [0.2, 0.25) is 0 Å². The summed E-state index contributed by atoms with van der Waals surface area (Å²) < 4.78 is 4.80. The summed E-state index contributed by atoms with van der Waals surface area (Å²) in [4.78, 5) is 22.8. The van der Waals surface area contributed by atoms with Gasteiger partial charge in [-0.1, -0.05) is 19.3 Å². The van der Waals surface area contributed by atoms with Gasteiger partial charge in [0.1, 0.15) is 5.54 Å². The fourth-order valence-electron chi connectivity index (χ4n) is 2.08. The highest BCUT2D eigenvalue weighted by molar-refractivity contribution is 5.86. The van der Waals surface area contributed by atoms with E-state index in [9.17, 15) is 14.7 Å². The van der Waals surface area contributed by atoms with E-state index in [1.165, 1.54) is 0 Å². The molecule has 0 aromatic heterocycles. The number of methoxy groups -OCH3 is 1. The van der Waals surface area contributed by atoms with Crippen LogP contribution in [0, 0.1) is 0 Å². The Labute approximate surface area is 101 Å². The number of hydrogen-bond donors (Lipinski definition) is 3. The quantitative estimate of drug-likeness (QED) is 0.622. The molecule has 6 nitrogen and oxygen atoms in total. The minimum absolute atomic E-state index is 0.373. The van der Waals surface area contributed by atoms with Gasteiger partial charge in [0.25, 0.3) is 0 Å². The van der Waals surface area contributed by atoms with E-state index in [1.54, 1.807) is 7.11 Å². The summed E-state index contributed by atoms with van der Waals surface area (Å²) in [5, 5.41) is 14.4. The topological polar surface area (TPSA) is 87.7 Å². The standard InChI is InChI=1S/C11H20N2O4/c1-17-8-7-12-10(16)13-11(9(14)15)5-3-2-4-6-11/h2-8H2,1H3,(H,14,15)(H2,12,13,16). The van der Waals surface area contributed by atoms with Crippen LogP contribution in [0.5, 0.6) is 0 Å². The number of aliphatic carboxylic acids is 1. The first-order valence-electron chi connectivity index (χ1n) is 5.89. The summed E-state index contributed by atoms with van der Waals surface area (Å²) in [7, 11) is 1.54. The van der Waals surface area contributed by atoms with Crippen molar-refractivity contribution in [2.75, 3.05) is 20.3 Å². The molecule has 98 valence electrons. The minimum atomic E-state index is -1.09. The van der Waals surface area contributed by atoms with Crippen LogP contribution < -0.4 is 10.6 Å². The third kappa shape index (κ3) is 3.89. The molecule has 17 heavy (non-hydrogen) atoms. The summed E-state index contributed by atoms with van der Waals surface area (Å²) in [6, 6.07) is -0.439. The van der Waals surface area contributed by atoms with E-state index in [1.807, 2.05) is 0 Å². The largest absolute Gasteiger partial charge is 0.480 e. The van der Waals surface area contributed by atoms with Crippen molar-refractivity contribution in [2.24, 2.45) is 0 Å². The van der Waals surface area contributed by atoms with Crippen LogP contribution in [-0.4, -0.2) is 42.9 Å². The van der Waals surface area contributed by atoms with E-state index in [0.29, 0.717) is 26.0 Å². The maximum absolute atomic E-state index is 11.6. The second kappa shape index (κ2) is 6.44. The van der Waals surface area contributed by atoms with Gasteiger partial charge in [-0.25, -0.2) is 9.59 Å². The van der Waals surface area contributed by atoms with Crippen molar-refractivity contribution >= 4 is 12.0 Å². The average Bonchev–Trinajstić information content (AvgIpc) is 2.30. The van der Waals surface area contributed by atoms with Crippen LogP contribution in [0.4, 0.5) is 4.79 Å². The Balaban J connectivity index is 2.48. The molecule has 0 atom stereocenters. The smallest absolute Gasteiger partial charge is 0.329 e. The Morgan fingerprint density at radius 2 is 1.94 bits per heavy atom. The zero-order chi connectivity index (χ0) is 12.7. The SMILES string of the molecule is COCCNC(=O)NC1(C(=O)O)CCCCC1. The Kier molecular flexibility index (Phi) is 5.21. The number of amides is 2. The third-order valence-electron chi connectivity index (χ3n) is 3.06. The zero-order valence-corrected chi connectivity index (χ0v) is 10.1. The molecule has 0 aromatic carbocycles. The van der Waals surface area contributed by atoms with Crippen molar-refractivity contribution in [1.82, 2.24) is 10.6 Å². The Bertz CT molecular complexity index is 275. The molecule has 1 fully saturated rings. The van der Waals surface area contributed by atoms with Gasteiger partial charge in [-0.2, -0.15) is 0 Å². The molecule has 1 aliphatic rings. The van der Waals surface area contributed by atoms with E-state index in [4.69, 9.17) is 4.74 Å². The van der Waals surface area contributed by atoms with Gasteiger partial charge in [0.15, 0.2) is 0 Å². The van der Waals surface area contributed by atoms with Crippen molar-refractivity contribution in [3.05, 3.63) is 0 Å². The first-order chi connectivity index (χ1) is 8.10. The molecule has 3 N–H and O–H groups in total. The number of ether oxygens (including phenoxy) is 1. The minimum Gasteiger partial charge on any atom is -0.480 e. The van der Waals surface area contributed by atoms with Gasteiger partial charge >= 0.3 is 12.0 Å². The number of carboxylic acids is 1. The van der Waals surface area contributed by atoms with E-state index >= 15 is 0 Å². The molecule has 0 radical (unpaired) electrons. The van der Waals surface area contributed by atoms with Gasteiger partial charge in [0.2, 0.25) is 0 Å². The van der Waals surface area contributed by atoms with Gasteiger partial charge in [-0.3, -0.25) is 0 Å². The molecule has 1 aliphatic carbocycles. The fourth-order valence-corrected chi connectivity index (χ4v) is 2.08. The van der Waals surface area contributed by atoms with Crippen molar-refractivity contribution in [2.45, 2.75) is 37.6 Å². The van der Waals surface area contributed by atoms with Crippen LogP contribution in [0.15, 0.2) is 0 Å². The first-order valence-corrected chi connectivity index (χ1v) is 5.89. The highest BCUT2D eigenvalue weighted by Crippen LogP contribution is 2.28. The monoisotopic (exact) mass is 244 g/mol. The van der Waals surface area contributed by atoms with E-state index in [0.717, 1.165) is 19.3 Å². The molecule has 0 bridgehead atoms. The van der Waals surface area contributed by atoms with Crippen LogP contribution in [0.25, 0.3) is 0 Å². The molecule has 6 heteroatoms. The molecule has 0 heterocycles. The molecular formula is C11H20N2O4. The maximum atomic E-state index is 11.6. The molecule has 1 saturated carbocycles. The van der Waals surface area contributed by atoms with E-state index in [-0.39, 0.29) is 0 Å². The lowest BCUT2D eigenvalue weighted by Gasteiger charge is -2.33. The van der Waals surface area contributed by atoms with Gasteiger partial charge in [0.05, 0.1) is 6.61 Å². The van der Waals surface area contributed by atoms with Crippen molar-refractivity contribution in [3.8, 4) is 0 Å². The maximum Gasteiger partial charge on any atom is 0.329 e. The Hall–Kier alpha value is -1.30. The lowest BCUT2D eigenvalue weighted by atomic mass is 9.82. The van der Waals surface area contributed by atoms with Crippen LogP contribution in [0.1, 0.15) is 32.1 Å². The van der Waals surface area contributed by atoms with Gasteiger partial charge in [0, 0.05) is 13.7 Å². The number of carboxylic acid groups (broad SMARTS) is 1. The van der Waals surface area contributed by atoms with Crippen LogP contribution in [-0.2, 0) is 9.53 Å². The number of hydrogen-bond acceptors (Lipinski definition) is 3. The van der Waals surface area contributed by atoms with Crippen molar-refractivity contribution < 1.29 is 19.4 Å². The summed E-state index contributed by atoms with van der Waals surface area (Å²) >= 11 is 0. The second-order valence-corrected chi connectivity index (χ2v) is 4.32. The number of nitrogens with one attached hydrogen (secondary N) is 2. The highest BCUT2D eigenvalue weighted by atomic mass is 16.5. The van der Waals surface area contributed by atoms with Crippen LogP contribution in [0.3, 0.4) is 0 Å². The summed E-state index contributed by atoms with van der Waals surface area (Å²) in [6.45, 7) is 0.783. The van der Waals surface area contributed by atoms with Crippen LogP contribution >= 0.6 is 0 Å². The molecule has 0 spiro atoms. The predicted octanol–water partition coefficient (Wildman–Crippen LogP) is 0.719. The normalized spacial score (nSPS) is 18.4. The highest BCUT2D eigenvalue weighted by Gasteiger charge is 2.40. The van der Waals surface area contributed by atoms with Crippen molar-refractivity contribution in [1.29, 1.82) is 0 Å². The van der Waals surface area contributed by atoms with E-state index in [2.05, 4.69) is 10.6 Å². The lowest BCUT2D eigenvalue weighted by molar-refractivity contribution is -0.145. The Morgan fingerprint density at radius 1 is 1.29 bits per heavy atom. The Morgan fingerprint density at radius 3 is 2.47 bits per heavy atom. The lowest BCUT2D eigenvalue weighted by Crippen LogP contribution is -2.58. The van der Waals surface area contributed by atoms with Crippen molar-refractivity contribution in [3.63, 3.8) is 0 Å². The molecule has 0 aromatic rings. The second-order valence-electron chi connectivity index (χ2n) is 4.32. The molecule has 2 amide bonds. The number of carbonyl (C=O) groups excluding carboxylic acids is 1. The molecule has 0 aliphatic heterocycles. The zero-order valence-electron chi connectivity index (χ0n) is 10.1. The number of urea groups is 1. The molecule has 0 unspecified atom stereocenters. The fraction of sp³-hybridized carbons (Fsp3) is 0.818.